The van der Waals surface area contributed by atoms with Crippen molar-refractivity contribution in [2.45, 2.75) is 0 Å². The Labute approximate surface area is 95.6 Å². The highest BCUT2D eigenvalue weighted by Gasteiger charge is 2.14. The topological polar surface area (TPSA) is 36.5 Å². The van der Waals surface area contributed by atoms with Crippen LogP contribution in [0, 0.1) is 0 Å². The second-order valence-electron chi connectivity index (χ2n) is 4.19. The third-order valence-electron chi connectivity index (χ3n) is 3.12. The van der Waals surface area contributed by atoms with Crippen LogP contribution < -0.4 is 20.3 Å². The first-order valence-corrected chi connectivity index (χ1v) is 5.90. The molecule has 4 nitrogen and oxygen atoms in total. The molecule has 1 fully saturated rings. The fraction of sp³-hybridized carbons (Fsp3) is 0.500. The first-order chi connectivity index (χ1) is 7.93. The van der Waals surface area contributed by atoms with Gasteiger partial charge in [0, 0.05) is 44.5 Å². The number of piperazine rings is 1. The van der Waals surface area contributed by atoms with Gasteiger partial charge >= 0.3 is 0 Å². The van der Waals surface area contributed by atoms with Crippen LogP contribution in [0.1, 0.15) is 0 Å². The van der Waals surface area contributed by atoms with Crippen LogP contribution in [-0.4, -0.2) is 39.3 Å². The molecule has 16 heavy (non-hydrogen) atoms. The Morgan fingerprint density at radius 3 is 2.88 bits per heavy atom. The number of rotatable bonds is 1. The van der Waals surface area contributed by atoms with Crippen molar-refractivity contribution in [2.75, 3.05) is 49.5 Å². The summed E-state index contributed by atoms with van der Waals surface area (Å²) in [5, 5.41) is 6.70. The number of fused-ring (bicyclic) bond motifs is 1. The van der Waals surface area contributed by atoms with Gasteiger partial charge in [-0.25, -0.2) is 0 Å². The van der Waals surface area contributed by atoms with Gasteiger partial charge in [0.1, 0.15) is 12.4 Å². The van der Waals surface area contributed by atoms with Crippen LogP contribution in [0.15, 0.2) is 18.2 Å². The lowest BCUT2D eigenvalue weighted by Gasteiger charge is -2.30. The minimum atomic E-state index is 0.762. The maximum absolute atomic E-state index is 5.65. The lowest BCUT2D eigenvalue weighted by atomic mass is 10.2. The number of ether oxygens (including phenoxy) is 1. The van der Waals surface area contributed by atoms with E-state index in [1.807, 2.05) is 0 Å². The Balaban J connectivity index is 1.84. The first-order valence-electron chi connectivity index (χ1n) is 5.90. The maximum atomic E-state index is 5.65. The van der Waals surface area contributed by atoms with E-state index >= 15 is 0 Å². The average Bonchev–Trinajstić information content (AvgIpc) is 2.39. The third-order valence-corrected chi connectivity index (χ3v) is 3.12. The molecule has 3 rings (SSSR count). The summed E-state index contributed by atoms with van der Waals surface area (Å²) in [6.45, 7) is 5.95. The van der Waals surface area contributed by atoms with Gasteiger partial charge in [0.2, 0.25) is 0 Å². The standard InChI is InChI=1S/C12H17N3O/c1-2-11-12(16-8-5-14-11)9-10(1)15-6-3-13-4-7-15/h1-2,9,13-14H,3-8H2. The zero-order valence-corrected chi connectivity index (χ0v) is 9.33. The summed E-state index contributed by atoms with van der Waals surface area (Å²) in [5.41, 5.74) is 2.38. The molecule has 1 aromatic rings. The second-order valence-corrected chi connectivity index (χ2v) is 4.19. The molecule has 0 aromatic heterocycles. The molecular formula is C12H17N3O. The minimum Gasteiger partial charge on any atom is -0.490 e. The Hall–Kier alpha value is -1.42. The molecule has 2 aliphatic rings. The smallest absolute Gasteiger partial charge is 0.144 e. The van der Waals surface area contributed by atoms with Gasteiger partial charge < -0.3 is 20.3 Å². The predicted molar refractivity (Wildman–Crippen MR) is 65.5 cm³/mol. The highest BCUT2D eigenvalue weighted by Crippen LogP contribution is 2.31. The third kappa shape index (κ3) is 1.80. The molecule has 0 amide bonds. The van der Waals surface area contributed by atoms with Crippen LogP contribution in [0.2, 0.25) is 0 Å². The van der Waals surface area contributed by atoms with E-state index in [1.54, 1.807) is 0 Å². The Morgan fingerprint density at radius 2 is 2.00 bits per heavy atom. The molecule has 1 saturated heterocycles. The molecule has 0 spiro atoms. The van der Waals surface area contributed by atoms with Crippen molar-refractivity contribution in [3.05, 3.63) is 18.2 Å². The van der Waals surface area contributed by atoms with Gasteiger partial charge in [0.25, 0.3) is 0 Å². The van der Waals surface area contributed by atoms with E-state index in [4.69, 9.17) is 4.74 Å². The van der Waals surface area contributed by atoms with Crippen molar-refractivity contribution in [3.63, 3.8) is 0 Å². The largest absolute Gasteiger partial charge is 0.490 e. The van der Waals surface area contributed by atoms with Gasteiger partial charge in [-0.2, -0.15) is 0 Å². The van der Waals surface area contributed by atoms with Crippen LogP contribution in [0.4, 0.5) is 11.4 Å². The zero-order chi connectivity index (χ0) is 10.8. The number of hydrogen-bond acceptors (Lipinski definition) is 4. The summed E-state index contributed by atoms with van der Waals surface area (Å²) in [7, 11) is 0. The molecule has 0 atom stereocenters. The number of anilines is 2. The Morgan fingerprint density at radius 1 is 1.12 bits per heavy atom. The summed E-state index contributed by atoms with van der Waals surface area (Å²) in [5.74, 6) is 0.988. The zero-order valence-electron chi connectivity index (χ0n) is 9.33. The quantitative estimate of drug-likeness (QED) is 0.736. The van der Waals surface area contributed by atoms with E-state index in [2.05, 4.69) is 33.7 Å². The second kappa shape index (κ2) is 4.22. The summed E-state index contributed by atoms with van der Waals surface area (Å²) < 4.78 is 5.65. The predicted octanol–water partition coefficient (Wildman–Crippen LogP) is 0.900. The molecule has 0 aliphatic carbocycles. The van der Waals surface area contributed by atoms with E-state index in [0.29, 0.717) is 0 Å². The van der Waals surface area contributed by atoms with E-state index in [0.717, 1.165) is 50.8 Å². The van der Waals surface area contributed by atoms with Crippen molar-refractivity contribution in [1.82, 2.24) is 5.32 Å². The van der Waals surface area contributed by atoms with Crippen molar-refractivity contribution in [2.24, 2.45) is 0 Å². The van der Waals surface area contributed by atoms with Gasteiger partial charge in [0.05, 0.1) is 5.69 Å². The monoisotopic (exact) mass is 219 g/mol. The summed E-state index contributed by atoms with van der Waals surface area (Å²) in [4.78, 5) is 2.40. The van der Waals surface area contributed by atoms with Crippen molar-refractivity contribution in [3.8, 4) is 5.75 Å². The molecule has 0 unspecified atom stereocenters. The number of benzene rings is 1. The van der Waals surface area contributed by atoms with Crippen LogP contribution in [0.25, 0.3) is 0 Å². The normalized spacial score (nSPS) is 19.6. The van der Waals surface area contributed by atoms with Crippen LogP contribution in [-0.2, 0) is 0 Å². The summed E-state index contributed by atoms with van der Waals surface area (Å²) >= 11 is 0. The molecule has 2 aliphatic heterocycles. The highest BCUT2D eigenvalue weighted by atomic mass is 16.5. The van der Waals surface area contributed by atoms with Crippen LogP contribution in [0.3, 0.4) is 0 Å². The lowest BCUT2D eigenvalue weighted by molar-refractivity contribution is 0.323. The molecule has 0 bridgehead atoms. The van der Waals surface area contributed by atoms with Crippen LogP contribution >= 0.6 is 0 Å². The summed E-state index contributed by atoms with van der Waals surface area (Å²) in [6.07, 6.45) is 0. The number of nitrogens with one attached hydrogen (secondary N) is 2. The lowest BCUT2D eigenvalue weighted by Crippen LogP contribution is -2.43. The van der Waals surface area contributed by atoms with E-state index in [-0.39, 0.29) is 0 Å². The maximum Gasteiger partial charge on any atom is 0.144 e. The van der Waals surface area contributed by atoms with Crippen molar-refractivity contribution < 1.29 is 4.74 Å². The van der Waals surface area contributed by atoms with Gasteiger partial charge in [0.15, 0.2) is 0 Å². The average molecular weight is 219 g/mol. The number of hydrogen-bond donors (Lipinski definition) is 2. The molecule has 0 radical (unpaired) electrons. The SMILES string of the molecule is c1cc2c(cc1N1CCNCC1)OCCN2. The van der Waals surface area contributed by atoms with Gasteiger partial charge in [-0.3, -0.25) is 0 Å². The first kappa shape index (κ1) is 9.78. The molecule has 86 valence electrons. The molecule has 4 heteroatoms. The Bertz CT molecular complexity index is 375. The van der Waals surface area contributed by atoms with E-state index in [9.17, 15) is 0 Å². The highest BCUT2D eigenvalue weighted by molar-refractivity contribution is 5.65. The molecular weight excluding hydrogens is 202 g/mol. The molecule has 1 aromatic carbocycles. The fourth-order valence-corrected chi connectivity index (χ4v) is 2.24. The van der Waals surface area contributed by atoms with Gasteiger partial charge in [-0.15, -0.1) is 0 Å². The van der Waals surface area contributed by atoms with Gasteiger partial charge in [-0.1, -0.05) is 0 Å². The van der Waals surface area contributed by atoms with Gasteiger partial charge in [-0.05, 0) is 12.1 Å². The minimum absolute atomic E-state index is 0.762. The Kier molecular flexibility index (Phi) is 2.58. The van der Waals surface area contributed by atoms with Crippen molar-refractivity contribution in [1.29, 1.82) is 0 Å². The fourth-order valence-electron chi connectivity index (χ4n) is 2.24. The van der Waals surface area contributed by atoms with Crippen LogP contribution in [0.5, 0.6) is 5.75 Å². The van der Waals surface area contributed by atoms with E-state index in [1.165, 1.54) is 5.69 Å². The molecule has 0 saturated carbocycles. The van der Waals surface area contributed by atoms with Crippen molar-refractivity contribution >= 4 is 11.4 Å². The molecule has 2 N–H and O–H groups in total. The van der Waals surface area contributed by atoms with E-state index < -0.39 is 0 Å². The number of nitrogens with zero attached hydrogens (tertiary/aromatic N) is 1. The molecule has 2 heterocycles. The summed E-state index contributed by atoms with van der Waals surface area (Å²) in [6, 6.07) is 6.44.